The van der Waals surface area contributed by atoms with Crippen LogP contribution in [0.5, 0.6) is 11.5 Å². The van der Waals surface area contributed by atoms with Crippen LogP contribution in [0.3, 0.4) is 0 Å². The van der Waals surface area contributed by atoms with Gasteiger partial charge in [0.2, 0.25) is 11.6 Å². The van der Waals surface area contributed by atoms with Crippen molar-refractivity contribution in [2.45, 2.75) is 25.2 Å². The molecule has 0 aliphatic rings. The molecule has 27 heavy (non-hydrogen) atoms. The van der Waals surface area contributed by atoms with Gasteiger partial charge in [-0.25, -0.2) is 0 Å². The summed E-state index contributed by atoms with van der Waals surface area (Å²) in [5.74, 6) is -9.24. The number of ketones is 2. The minimum absolute atomic E-state index is 0.0351. The Bertz CT molecular complexity index is 770. The van der Waals surface area contributed by atoms with Crippen LogP contribution in [0.1, 0.15) is 12.8 Å². The molecule has 148 valence electrons. The average molecular weight is 512 g/mol. The zero-order valence-corrected chi connectivity index (χ0v) is 14.9. The van der Waals surface area contributed by atoms with E-state index in [0.29, 0.717) is 0 Å². The Labute approximate surface area is 159 Å². The van der Waals surface area contributed by atoms with Crippen molar-refractivity contribution in [3.63, 3.8) is 0 Å². The van der Waals surface area contributed by atoms with Crippen LogP contribution in [-0.2, 0) is 19.2 Å². The normalized spacial score (nSPS) is 11.7. The Morgan fingerprint density at radius 1 is 0.815 bits per heavy atom. The first kappa shape index (κ1) is 22.9. The minimum Gasteiger partial charge on any atom is -0.422 e. The van der Waals surface area contributed by atoms with Gasteiger partial charge in [-0.1, -0.05) is 6.07 Å². The number of benzene rings is 1. The lowest BCUT2D eigenvalue weighted by atomic mass is 10.2. The first-order valence-corrected chi connectivity index (χ1v) is 7.69. The summed E-state index contributed by atoms with van der Waals surface area (Å²) in [6.07, 6.45) is -13.9. The average Bonchev–Trinajstić information content (AvgIpc) is 2.48. The number of rotatable bonds is 6. The van der Waals surface area contributed by atoms with Crippen LogP contribution in [-0.4, -0.2) is 35.9 Å². The van der Waals surface area contributed by atoms with E-state index in [0.717, 1.165) is 6.07 Å². The summed E-state index contributed by atoms with van der Waals surface area (Å²) in [5.41, 5.74) is 0. The molecule has 0 aliphatic carbocycles. The number of hydrogen-bond acceptors (Lipinski definition) is 6. The maximum absolute atomic E-state index is 12.1. The molecule has 0 bridgehead atoms. The number of hydrogen-bond donors (Lipinski definition) is 0. The van der Waals surface area contributed by atoms with Gasteiger partial charge in [0.15, 0.2) is 11.5 Å². The van der Waals surface area contributed by atoms with E-state index in [-0.39, 0.29) is 3.57 Å². The number of alkyl halides is 6. The van der Waals surface area contributed by atoms with Crippen molar-refractivity contribution in [2.24, 2.45) is 0 Å². The van der Waals surface area contributed by atoms with Gasteiger partial charge in [-0.2, -0.15) is 26.3 Å². The van der Waals surface area contributed by atoms with Crippen molar-refractivity contribution in [1.29, 1.82) is 0 Å². The van der Waals surface area contributed by atoms with Crippen LogP contribution in [0.2, 0.25) is 0 Å². The summed E-state index contributed by atoms with van der Waals surface area (Å²) < 4.78 is 81.9. The van der Waals surface area contributed by atoms with E-state index in [4.69, 9.17) is 0 Å². The highest BCUT2D eigenvalue weighted by molar-refractivity contribution is 14.1. The van der Waals surface area contributed by atoms with Gasteiger partial charge in [0.25, 0.3) is 0 Å². The fourth-order valence-corrected chi connectivity index (χ4v) is 2.02. The minimum atomic E-state index is -5.27. The maximum Gasteiger partial charge on any atom is 0.450 e. The molecule has 0 aromatic heterocycles. The first-order chi connectivity index (χ1) is 12.2. The molecule has 0 heterocycles. The largest absolute Gasteiger partial charge is 0.450 e. The molecule has 0 amide bonds. The molecule has 13 heteroatoms. The van der Waals surface area contributed by atoms with Gasteiger partial charge < -0.3 is 9.47 Å². The molecule has 0 spiro atoms. The number of Topliss-reactive ketones (excluding diaryl/α,β-unsaturated/α-hetero) is 2. The second-order valence-corrected chi connectivity index (χ2v) is 5.87. The summed E-state index contributed by atoms with van der Waals surface area (Å²) in [7, 11) is 0. The van der Waals surface area contributed by atoms with Gasteiger partial charge in [-0.3, -0.25) is 19.2 Å². The van der Waals surface area contributed by atoms with Crippen LogP contribution in [0.15, 0.2) is 18.2 Å². The second kappa shape index (κ2) is 8.67. The highest BCUT2D eigenvalue weighted by Gasteiger charge is 2.41. The van der Waals surface area contributed by atoms with Crippen LogP contribution in [0.4, 0.5) is 26.3 Å². The zero-order valence-electron chi connectivity index (χ0n) is 12.7. The molecule has 0 radical (unpaired) electrons. The number of ether oxygens (including phenoxy) is 2. The van der Waals surface area contributed by atoms with E-state index in [1.165, 1.54) is 34.7 Å². The Kier molecular flexibility index (Phi) is 7.33. The molecule has 6 nitrogen and oxygen atoms in total. The Hall–Kier alpha value is -2.19. The van der Waals surface area contributed by atoms with Crippen LogP contribution in [0.25, 0.3) is 0 Å². The number of carbonyl (C=O) groups is 4. The smallest absolute Gasteiger partial charge is 0.422 e. The summed E-state index contributed by atoms with van der Waals surface area (Å²) in [5, 5.41) is 0. The fourth-order valence-electron chi connectivity index (χ4n) is 1.44. The summed E-state index contributed by atoms with van der Waals surface area (Å²) in [6.45, 7) is 0. The standard InChI is InChI=1S/C14H7F6IO6/c15-13(16,17)8(22)4-10(24)26-7-3-1-2-6(21)12(7)27-11(25)5-9(23)14(18,19)20/h1-3H,4-5H2. The molecule has 0 aliphatic heterocycles. The SMILES string of the molecule is O=C(CC(=O)C(F)(F)F)Oc1cccc(I)c1OC(=O)CC(=O)C(F)(F)F. The van der Waals surface area contributed by atoms with Crippen molar-refractivity contribution in [1.82, 2.24) is 0 Å². The number of halogens is 7. The molecular formula is C14H7F6IO6. The third-order valence-corrected chi connectivity index (χ3v) is 3.46. The van der Waals surface area contributed by atoms with Gasteiger partial charge in [0.1, 0.15) is 12.8 Å². The molecule has 0 saturated carbocycles. The highest BCUT2D eigenvalue weighted by atomic mass is 127. The lowest BCUT2D eigenvalue weighted by molar-refractivity contribution is -0.173. The van der Waals surface area contributed by atoms with Crippen molar-refractivity contribution in [3.8, 4) is 11.5 Å². The predicted molar refractivity (Wildman–Crippen MR) is 81.8 cm³/mol. The van der Waals surface area contributed by atoms with Crippen LogP contribution in [0, 0.1) is 3.57 Å². The summed E-state index contributed by atoms with van der Waals surface area (Å²) >= 11 is 1.53. The number of esters is 2. The fraction of sp³-hybridized carbons (Fsp3) is 0.286. The van der Waals surface area contributed by atoms with E-state index in [1.807, 2.05) is 0 Å². The number of carbonyl (C=O) groups excluding carboxylic acids is 4. The third kappa shape index (κ3) is 7.15. The maximum atomic E-state index is 12.1. The molecule has 1 aromatic carbocycles. The van der Waals surface area contributed by atoms with E-state index in [9.17, 15) is 45.5 Å². The van der Waals surface area contributed by atoms with E-state index in [2.05, 4.69) is 9.47 Å². The Morgan fingerprint density at radius 2 is 1.26 bits per heavy atom. The zero-order chi connectivity index (χ0) is 21.0. The van der Waals surface area contributed by atoms with Gasteiger partial charge in [0, 0.05) is 0 Å². The highest BCUT2D eigenvalue weighted by Crippen LogP contribution is 2.33. The molecule has 1 aromatic rings. The third-order valence-electron chi connectivity index (χ3n) is 2.61. The van der Waals surface area contributed by atoms with Crippen LogP contribution < -0.4 is 9.47 Å². The quantitative estimate of drug-likeness (QED) is 0.192. The van der Waals surface area contributed by atoms with E-state index < -0.39 is 60.2 Å². The Balaban J connectivity index is 2.91. The molecule has 0 N–H and O–H groups in total. The molecule has 0 saturated heterocycles. The predicted octanol–water partition coefficient (Wildman–Crippen LogP) is 3.15. The molecule has 0 atom stereocenters. The van der Waals surface area contributed by atoms with Gasteiger partial charge >= 0.3 is 24.3 Å². The van der Waals surface area contributed by atoms with Gasteiger partial charge in [-0.05, 0) is 34.7 Å². The van der Waals surface area contributed by atoms with E-state index >= 15 is 0 Å². The molecule has 1 rings (SSSR count). The first-order valence-electron chi connectivity index (χ1n) is 6.61. The van der Waals surface area contributed by atoms with Crippen molar-refractivity contribution in [3.05, 3.63) is 21.8 Å². The summed E-state index contributed by atoms with van der Waals surface area (Å²) in [6, 6.07) is 3.47. The van der Waals surface area contributed by atoms with Gasteiger partial charge in [0.05, 0.1) is 3.57 Å². The van der Waals surface area contributed by atoms with Gasteiger partial charge in [-0.15, -0.1) is 0 Å². The van der Waals surface area contributed by atoms with Crippen molar-refractivity contribution >= 4 is 46.1 Å². The number of para-hydroxylation sites is 1. The lowest BCUT2D eigenvalue weighted by Crippen LogP contribution is -2.28. The molecule has 0 unspecified atom stereocenters. The molecular weight excluding hydrogens is 505 g/mol. The topological polar surface area (TPSA) is 86.7 Å². The Morgan fingerprint density at radius 3 is 1.70 bits per heavy atom. The van der Waals surface area contributed by atoms with Crippen LogP contribution >= 0.6 is 22.6 Å². The van der Waals surface area contributed by atoms with Crippen molar-refractivity contribution in [2.75, 3.05) is 0 Å². The monoisotopic (exact) mass is 512 g/mol. The van der Waals surface area contributed by atoms with E-state index in [1.54, 1.807) is 0 Å². The lowest BCUT2D eigenvalue weighted by Gasteiger charge is -2.12. The second-order valence-electron chi connectivity index (χ2n) is 4.71. The molecule has 0 fully saturated rings. The summed E-state index contributed by atoms with van der Waals surface area (Å²) in [4.78, 5) is 44.4. The van der Waals surface area contributed by atoms with Crippen molar-refractivity contribution < 1.29 is 55.0 Å².